The molecule has 0 aliphatic carbocycles. The number of aromatic nitrogens is 2. The summed E-state index contributed by atoms with van der Waals surface area (Å²) in [6.45, 7) is 1.10. The fourth-order valence-corrected chi connectivity index (χ4v) is 2.75. The topological polar surface area (TPSA) is 74.6 Å². The summed E-state index contributed by atoms with van der Waals surface area (Å²) in [5.74, 6) is 0.515. The Bertz CT molecular complexity index is 701. The molecule has 0 bridgehead atoms. The van der Waals surface area contributed by atoms with Gasteiger partial charge >= 0.3 is 0 Å². The highest BCUT2D eigenvalue weighted by atomic mass is 16.5. The molecule has 2 atom stereocenters. The van der Waals surface area contributed by atoms with Crippen LogP contribution in [0.3, 0.4) is 0 Å². The van der Waals surface area contributed by atoms with E-state index in [1.807, 2.05) is 24.3 Å². The van der Waals surface area contributed by atoms with Gasteiger partial charge in [-0.15, -0.1) is 0 Å². The first-order valence-electron chi connectivity index (χ1n) is 7.82. The molecule has 1 aromatic carbocycles. The summed E-state index contributed by atoms with van der Waals surface area (Å²) < 4.78 is 17.7. The molecule has 1 aromatic heterocycles. The highest BCUT2D eigenvalue weighted by molar-refractivity contribution is 5.94. The molecule has 1 saturated heterocycles. The SMILES string of the molecule is COc1ccccc1-n1cc(C(=O)NC2CCOCC2OC)cn1. The fraction of sp³-hybridized carbons (Fsp3) is 0.412. The molecule has 1 aliphatic heterocycles. The fourth-order valence-electron chi connectivity index (χ4n) is 2.75. The molecule has 2 heterocycles. The van der Waals surface area contributed by atoms with Crippen LogP contribution in [0.15, 0.2) is 36.7 Å². The summed E-state index contributed by atoms with van der Waals surface area (Å²) in [6.07, 6.45) is 3.83. The van der Waals surface area contributed by atoms with Crippen molar-refractivity contribution in [1.82, 2.24) is 15.1 Å². The number of amides is 1. The summed E-state index contributed by atoms with van der Waals surface area (Å²) >= 11 is 0. The zero-order valence-corrected chi connectivity index (χ0v) is 13.8. The highest BCUT2D eigenvalue weighted by Crippen LogP contribution is 2.21. The molecule has 7 heteroatoms. The van der Waals surface area contributed by atoms with Gasteiger partial charge in [0.15, 0.2) is 0 Å². The van der Waals surface area contributed by atoms with Crippen molar-refractivity contribution in [1.29, 1.82) is 0 Å². The average Bonchev–Trinajstić information content (AvgIpc) is 3.12. The number of hydrogen-bond acceptors (Lipinski definition) is 5. The van der Waals surface area contributed by atoms with Crippen LogP contribution in [0.4, 0.5) is 0 Å². The van der Waals surface area contributed by atoms with Crippen molar-refractivity contribution in [2.45, 2.75) is 18.6 Å². The lowest BCUT2D eigenvalue weighted by Gasteiger charge is -2.30. The second-order valence-corrected chi connectivity index (χ2v) is 5.56. The quantitative estimate of drug-likeness (QED) is 0.897. The van der Waals surface area contributed by atoms with Gasteiger partial charge in [0.1, 0.15) is 17.5 Å². The Hall–Kier alpha value is -2.38. The number of ether oxygens (including phenoxy) is 3. The molecule has 1 N–H and O–H groups in total. The summed E-state index contributed by atoms with van der Waals surface area (Å²) in [5.41, 5.74) is 1.27. The Morgan fingerprint density at radius 1 is 1.38 bits per heavy atom. The molecule has 7 nitrogen and oxygen atoms in total. The van der Waals surface area contributed by atoms with E-state index in [2.05, 4.69) is 10.4 Å². The van der Waals surface area contributed by atoms with E-state index in [4.69, 9.17) is 14.2 Å². The number of rotatable bonds is 5. The Morgan fingerprint density at radius 2 is 2.21 bits per heavy atom. The van der Waals surface area contributed by atoms with Gasteiger partial charge in [0, 0.05) is 19.9 Å². The summed E-state index contributed by atoms with van der Waals surface area (Å²) in [6, 6.07) is 7.44. The molecule has 3 rings (SSSR count). The molecule has 0 spiro atoms. The van der Waals surface area contributed by atoms with E-state index in [-0.39, 0.29) is 18.1 Å². The zero-order valence-electron chi connectivity index (χ0n) is 13.8. The first kappa shape index (κ1) is 16.5. The van der Waals surface area contributed by atoms with Crippen molar-refractivity contribution in [2.75, 3.05) is 27.4 Å². The third-order valence-electron chi connectivity index (χ3n) is 4.10. The van der Waals surface area contributed by atoms with Crippen LogP contribution in [0.1, 0.15) is 16.8 Å². The van der Waals surface area contributed by atoms with Crippen molar-refractivity contribution in [3.05, 3.63) is 42.2 Å². The molecule has 1 aliphatic rings. The number of nitrogens with zero attached hydrogens (tertiary/aromatic N) is 2. The van der Waals surface area contributed by atoms with E-state index >= 15 is 0 Å². The van der Waals surface area contributed by atoms with Crippen molar-refractivity contribution in [3.63, 3.8) is 0 Å². The van der Waals surface area contributed by atoms with Gasteiger partial charge in [0.25, 0.3) is 5.91 Å². The minimum Gasteiger partial charge on any atom is -0.494 e. The second kappa shape index (κ2) is 7.46. The lowest BCUT2D eigenvalue weighted by Crippen LogP contribution is -2.49. The number of benzene rings is 1. The van der Waals surface area contributed by atoms with Gasteiger partial charge in [-0.1, -0.05) is 12.1 Å². The van der Waals surface area contributed by atoms with Crippen molar-refractivity contribution in [2.24, 2.45) is 0 Å². The third-order valence-corrected chi connectivity index (χ3v) is 4.10. The van der Waals surface area contributed by atoms with Crippen LogP contribution in [0, 0.1) is 0 Å². The van der Waals surface area contributed by atoms with Gasteiger partial charge < -0.3 is 19.5 Å². The summed E-state index contributed by atoms with van der Waals surface area (Å²) in [7, 11) is 3.23. The Kier molecular flexibility index (Phi) is 5.12. The Balaban J connectivity index is 1.74. The molecule has 1 fully saturated rings. The van der Waals surface area contributed by atoms with Crippen LogP contribution in [-0.4, -0.2) is 55.3 Å². The Labute approximate surface area is 140 Å². The first-order valence-corrected chi connectivity index (χ1v) is 7.82. The molecule has 0 radical (unpaired) electrons. The standard InChI is InChI=1S/C17H21N3O4/c1-22-15-6-4-3-5-14(15)20-10-12(9-18-20)17(21)19-13-7-8-24-11-16(13)23-2/h3-6,9-10,13,16H,7-8,11H2,1-2H3,(H,19,21). The van der Waals surface area contributed by atoms with Gasteiger partial charge in [-0.2, -0.15) is 5.10 Å². The van der Waals surface area contributed by atoms with Gasteiger partial charge in [0.05, 0.1) is 31.5 Å². The van der Waals surface area contributed by atoms with E-state index in [0.717, 1.165) is 12.1 Å². The van der Waals surface area contributed by atoms with Crippen LogP contribution in [0.5, 0.6) is 5.75 Å². The zero-order chi connectivity index (χ0) is 16.9. The monoisotopic (exact) mass is 331 g/mol. The Morgan fingerprint density at radius 3 is 3.00 bits per heavy atom. The van der Waals surface area contributed by atoms with Gasteiger partial charge in [-0.3, -0.25) is 4.79 Å². The van der Waals surface area contributed by atoms with Crippen LogP contribution in [0.25, 0.3) is 5.69 Å². The minimum absolute atomic E-state index is 0.0640. The van der Waals surface area contributed by atoms with Crippen molar-refractivity contribution in [3.8, 4) is 11.4 Å². The van der Waals surface area contributed by atoms with Gasteiger partial charge in [0.2, 0.25) is 0 Å². The lowest BCUT2D eigenvalue weighted by molar-refractivity contribution is -0.0479. The maximum atomic E-state index is 12.5. The molecule has 128 valence electrons. The van der Waals surface area contributed by atoms with Crippen LogP contribution in [0.2, 0.25) is 0 Å². The highest BCUT2D eigenvalue weighted by Gasteiger charge is 2.27. The molecule has 2 aromatic rings. The normalized spacial score (nSPS) is 20.6. The maximum Gasteiger partial charge on any atom is 0.254 e. The largest absolute Gasteiger partial charge is 0.494 e. The lowest BCUT2D eigenvalue weighted by atomic mass is 10.1. The smallest absolute Gasteiger partial charge is 0.254 e. The predicted molar refractivity (Wildman–Crippen MR) is 87.6 cm³/mol. The summed E-state index contributed by atoms with van der Waals surface area (Å²) in [4.78, 5) is 12.5. The summed E-state index contributed by atoms with van der Waals surface area (Å²) in [5, 5.41) is 7.27. The van der Waals surface area contributed by atoms with E-state index in [1.54, 1.807) is 31.3 Å². The van der Waals surface area contributed by atoms with Crippen LogP contribution < -0.4 is 10.1 Å². The van der Waals surface area contributed by atoms with Crippen molar-refractivity contribution >= 4 is 5.91 Å². The van der Waals surface area contributed by atoms with Gasteiger partial charge in [-0.05, 0) is 18.6 Å². The number of methoxy groups -OCH3 is 2. The van der Waals surface area contributed by atoms with Crippen LogP contribution >= 0.6 is 0 Å². The number of hydrogen-bond donors (Lipinski definition) is 1. The minimum atomic E-state index is -0.176. The van der Waals surface area contributed by atoms with E-state index in [9.17, 15) is 4.79 Å². The first-order chi connectivity index (χ1) is 11.7. The number of para-hydroxylation sites is 2. The van der Waals surface area contributed by atoms with E-state index < -0.39 is 0 Å². The molecule has 0 saturated carbocycles. The third kappa shape index (κ3) is 3.42. The maximum absolute atomic E-state index is 12.5. The van der Waals surface area contributed by atoms with E-state index in [0.29, 0.717) is 24.5 Å². The number of nitrogens with one attached hydrogen (secondary N) is 1. The van der Waals surface area contributed by atoms with Crippen molar-refractivity contribution < 1.29 is 19.0 Å². The molecule has 2 unspecified atom stereocenters. The van der Waals surface area contributed by atoms with E-state index in [1.165, 1.54) is 0 Å². The molecular weight excluding hydrogens is 310 g/mol. The van der Waals surface area contributed by atoms with Crippen LogP contribution in [-0.2, 0) is 9.47 Å². The molecular formula is C17H21N3O4. The average molecular weight is 331 g/mol. The molecule has 24 heavy (non-hydrogen) atoms. The second-order valence-electron chi connectivity index (χ2n) is 5.56. The van der Waals surface area contributed by atoms with Gasteiger partial charge in [-0.25, -0.2) is 4.68 Å². The molecule has 1 amide bonds. The number of carbonyl (C=O) groups is 1. The number of carbonyl (C=O) groups excluding carboxylic acids is 1. The predicted octanol–water partition coefficient (Wildman–Crippen LogP) is 1.41.